The lowest BCUT2D eigenvalue weighted by Gasteiger charge is -2.12. The highest BCUT2D eigenvalue weighted by atomic mass is 32.2. The lowest BCUT2D eigenvalue weighted by Crippen LogP contribution is -2.29. The zero-order chi connectivity index (χ0) is 20.1. The Hall–Kier alpha value is -3.27. The van der Waals surface area contributed by atoms with E-state index in [2.05, 4.69) is 10.0 Å². The number of hydrogen-bond acceptors (Lipinski definition) is 6. The number of amides is 1. The van der Waals surface area contributed by atoms with Gasteiger partial charge in [0, 0.05) is 23.7 Å². The number of aliphatic carboxylic acids is 1. The van der Waals surface area contributed by atoms with Crippen molar-refractivity contribution in [2.45, 2.75) is 11.3 Å². The third-order valence-electron chi connectivity index (χ3n) is 3.83. The summed E-state index contributed by atoms with van der Waals surface area (Å²) in [6, 6.07) is 9.98. The van der Waals surface area contributed by atoms with E-state index in [1.54, 1.807) is 6.07 Å². The lowest BCUT2D eigenvalue weighted by molar-refractivity contribution is -0.135. The van der Waals surface area contributed by atoms with Crippen LogP contribution in [0.2, 0.25) is 0 Å². The molecule has 10 heteroatoms. The van der Waals surface area contributed by atoms with Crippen LogP contribution in [0.5, 0.6) is 11.5 Å². The van der Waals surface area contributed by atoms with E-state index in [1.165, 1.54) is 36.4 Å². The number of nitrogens with one attached hydrogen (secondary N) is 2. The highest BCUT2D eigenvalue weighted by molar-refractivity contribution is 7.92. The minimum absolute atomic E-state index is 0.0139. The Morgan fingerprint density at radius 2 is 1.68 bits per heavy atom. The summed E-state index contributed by atoms with van der Waals surface area (Å²) in [5.74, 6) is -0.869. The number of sulfonamides is 1. The molecule has 3 N–H and O–H groups in total. The van der Waals surface area contributed by atoms with E-state index in [0.717, 1.165) is 0 Å². The summed E-state index contributed by atoms with van der Waals surface area (Å²) in [5, 5.41) is 10.8. The summed E-state index contributed by atoms with van der Waals surface area (Å²) in [4.78, 5) is 22.3. The number of carboxylic acid groups (broad SMARTS) is 1. The molecule has 148 valence electrons. The molecule has 1 amide bonds. The summed E-state index contributed by atoms with van der Waals surface area (Å²) in [5.41, 5.74) is 0.460. The van der Waals surface area contributed by atoms with Crippen LogP contribution in [0.25, 0.3) is 0 Å². The summed E-state index contributed by atoms with van der Waals surface area (Å²) in [6.45, 7) is 0.441. The van der Waals surface area contributed by atoms with E-state index in [4.69, 9.17) is 14.6 Å². The summed E-state index contributed by atoms with van der Waals surface area (Å²) in [7, 11) is -3.88. The fraction of sp³-hybridized carbons (Fsp3) is 0.222. The molecule has 1 heterocycles. The molecule has 2 aromatic rings. The van der Waals surface area contributed by atoms with Gasteiger partial charge in [-0.2, -0.15) is 0 Å². The van der Waals surface area contributed by atoms with Crippen molar-refractivity contribution in [3.63, 3.8) is 0 Å². The third kappa shape index (κ3) is 4.71. The number of carboxylic acids is 1. The molecule has 0 aliphatic carbocycles. The number of fused-ring (bicyclic) bond motifs is 1. The fourth-order valence-electron chi connectivity index (χ4n) is 2.47. The highest BCUT2D eigenvalue weighted by Gasteiger charge is 2.19. The van der Waals surface area contributed by atoms with Crippen LogP contribution in [0.3, 0.4) is 0 Å². The Kier molecular flexibility index (Phi) is 5.69. The van der Waals surface area contributed by atoms with Gasteiger partial charge < -0.3 is 19.9 Å². The van der Waals surface area contributed by atoms with E-state index >= 15 is 0 Å². The van der Waals surface area contributed by atoms with Crippen molar-refractivity contribution in [2.24, 2.45) is 0 Å². The summed E-state index contributed by atoms with van der Waals surface area (Å²) in [6.07, 6.45) is 0.710. The van der Waals surface area contributed by atoms with Gasteiger partial charge in [-0.25, -0.2) is 8.42 Å². The molecular formula is C18H18N2O7S. The van der Waals surface area contributed by atoms with Gasteiger partial charge in [0.2, 0.25) is 0 Å². The minimum atomic E-state index is -3.88. The number of benzene rings is 2. The second kappa shape index (κ2) is 8.17. The second-order valence-electron chi connectivity index (χ2n) is 5.92. The quantitative estimate of drug-likeness (QED) is 0.662. The molecule has 0 atom stereocenters. The Morgan fingerprint density at radius 1 is 1.00 bits per heavy atom. The number of hydrogen-bond donors (Lipinski definition) is 3. The number of ether oxygens (including phenoxy) is 2. The van der Waals surface area contributed by atoms with Crippen LogP contribution < -0.4 is 19.5 Å². The van der Waals surface area contributed by atoms with Crippen LogP contribution >= 0.6 is 0 Å². The van der Waals surface area contributed by atoms with Gasteiger partial charge in [-0.05, 0) is 36.4 Å². The fourth-order valence-corrected chi connectivity index (χ4v) is 3.55. The van der Waals surface area contributed by atoms with Crippen molar-refractivity contribution < 1.29 is 32.6 Å². The van der Waals surface area contributed by atoms with Gasteiger partial charge in [0.1, 0.15) is 6.54 Å². The first-order valence-corrected chi connectivity index (χ1v) is 9.86. The third-order valence-corrected chi connectivity index (χ3v) is 5.21. The normalized spacial score (nSPS) is 13.3. The molecule has 28 heavy (non-hydrogen) atoms. The maximum absolute atomic E-state index is 12.6. The van der Waals surface area contributed by atoms with Crippen LogP contribution in [-0.2, 0) is 14.8 Å². The molecule has 0 saturated carbocycles. The van der Waals surface area contributed by atoms with Crippen molar-refractivity contribution in [1.29, 1.82) is 0 Å². The van der Waals surface area contributed by atoms with Crippen LogP contribution in [0.1, 0.15) is 16.8 Å². The largest absolute Gasteiger partial charge is 0.490 e. The molecular weight excluding hydrogens is 388 g/mol. The van der Waals surface area contributed by atoms with Gasteiger partial charge in [-0.15, -0.1) is 0 Å². The van der Waals surface area contributed by atoms with Gasteiger partial charge in [0.05, 0.1) is 18.1 Å². The first-order chi connectivity index (χ1) is 13.3. The monoisotopic (exact) mass is 406 g/mol. The van der Waals surface area contributed by atoms with Crippen LogP contribution in [0.4, 0.5) is 5.69 Å². The van der Waals surface area contributed by atoms with Crippen LogP contribution in [0.15, 0.2) is 47.4 Å². The van der Waals surface area contributed by atoms with E-state index < -0.39 is 28.4 Å². The first-order valence-electron chi connectivity index (χ1n) is 8.38. The Balaban J connectivity index is 1.73. The summed E-state index contributed by atoms with van der Waals surface area (Å²) >= 11 is 0. The number of rotatable bonds is 6. The second-order valence-corrected chi connectivity index (χ2v) is 7.60. The Morgan fingerprint density at radius 3 is 2.36 bits per heavy atom. The van der Waals surface area contributed by atoms with Crippen LogP contribution in [0, 0.1) is 0 Å². The zero-order valence-electron chi connectivity index (χ0n) is 14.7. The highest BCUT2D eigenvalue weighted by Crippen LogP contribution is 2.32. The zero-order valence-corrected chi connectivity index (χ0v) is 15.5. The molecule has 0 aromatic heterocycles. The van der Waals surface area contributed by atoms with E-state index in [-0.39, 0.29) is 16.1 Å². The van der Waals surface area contributed by atoms with Gasteiger partial charge in [0.25, 0.3) is 15.9 Å². The Bertz CT molecular complexity index is 987. The predicted octanol–water partition coefficient (Wildman–Crippen LogP) is 1.46. The number of carbonyl (C=O) groups is 2. The first kappa shape index (κ1) is 19.5. The molecule has 0 fully saturated rings. The van der Waals surface area contributed by atoms with Gasteiger partial charge >= 0.3 is 5.97 Å². The van der Waals surface area contributed by atoms with Gasteiger partial charge in [-0.3, -0.25) is 14.3 Å². The molecule has 1 aliphatic heterocycles. The maximum atomic E-state index is 12.6. The topological polar surface area (TPSA) is 131 Å². The molecule has 3 rings (SSSR count). The average Bonchev–Trinajstić information content (AvgIpc) is 2.91. The molecule has 2 aromatic carbocycles. The standard InChI is InChI=1S/C18H18N2O7S/c21-17(22)11-19-18(23)12-2-4-13(5-3-12)20-28(24,25)14-6-7-15-16(10-14)27-9-1-8-26-15/h2-7,10,20H,1,8-9,11H2,(H,19,23)(H,21,22). The van der Waals surface area contributed by atoms with Crippen LogP contribution in [-0.4, -0.2) is 45.2 Å². The van der Waals surface area contributed by atoms with Gasteiger partial charge in [0.15, 0.2) is 11.5 Å². The molecule has 0 saturated heterocycles. The molecule has 0 unspecified atom stereocenters. The predicted molar refractivity (Wildman–Crippen MR) is 99.3 cm³/mol. The molecule has 9 nitrogen and oxygen atoms in total. The van der Waals surface area contributed by atoms with Crippen molar-refractivity contribution in [3.05, 3.63) is 48.0 Å². The average molecular weight is 406 g/mol. The van der Waals surface area contributed by atoms with Crippen molar-refractivity contribution in [3.8, 4) is 11.5 Å². The van der Waals surface area contributed by atoms with Crippen molar-refractivity contribution >= 4 is 27.6 Å². The number of anilines is 1. The smallest absolute Gasteiger partial charge is 0.322 e. The van der Waals surface area contributed by atoms with E-state index in [9.17, 15) is 18.0 Å². The lowest BCUT2D eigenvalue weighted by atomic mass is 10.2. The molecule has 0 spiro atoms. The van der Waals surface area contributed by atoms with Gasteiger partial charge in [-0.1, -0.05) is 0 Å². The van der Waals surface area contributed by atoms with Crippen molar-refractivity contribution in [2.75, 3.05) is 24.5 Å². The van der Waals surface area contributed by atoms with E-state index in [0.29, 0.717) is 31.1 Å². The van der Waals surface area contributed by atoms with E-state index in [1.807, 2.05) is 0 Å². The SMILES string of the molecule is O=C(O)CNC(=O)c1ccc(NS(=O)(=O)c2ccc3c(c2)OCCCO3)cc1. The molecule has 0 bridgehead atoms. The minimum Gasteiger partial charge on any atom is -0.490 e. The number of carbonyl (C=O) groups excluding carboxylic acids is 1. The summed E-state index contributed by atoms with van der Waals surface area (Å²) < 4.78 is 38.7. The van der Waals surface area contributed by atoms with Crippen molar-refractivity contribution in [1.82, 2.24) is 5.32 Å². The maximum Gasteiger partial charge on any atom is 0.322 e. The molecule has 1 aliphatic rings. The molecule has 0 radical (unpaired) electrons. The Labute approximate surface area is 161 Å².